The third kappa shape index (κ3) is 3.25. The SMILES string of the molecule is COc1ccc(CCC(=O)N2C3CCC2CC(Br)C3)cc1. The molecule has 1 aromatic rings. The van der Waals surface area contributed by atoms with Crippen LogP contribution in [0, 0.1) is 0 Å². The lowest BCUT2D eigenvalue weighted by atomic mass is 10.0. The summed E-state index contributed by atoms with van der Waals surface area (Å²) in [5.41, 5.74) is 1.20. The van der Waals surface area contributed by atoms with Crippen molar-refractivity contribution in [2.24, 2.45) is 0 Å². The number of hydrogen-bond donors (Lipinski definition) is 0. The van der Waals surface area contributed by atoms with Gasteiger partial charge < -0.3 is 9.64 Å². The van der Waals surface area contributed by atoms with Gasteiger partial charge in [0.25, 0.3) is 0 Å². The number of alkyl halides is 1. The van der Waals surface area contributed by atoms with Crippen molar-refractivity contribution in [3.63, 3.8) is 0 Å². The lowest BCUT2D eigenvalue weighted by Crippen LogP contribution is -2.46. The van der Waals surface area contributed by atoms with Crippen LogP contribution in [0.4, 0.5) is 0 Å². The molecule has 0 saturated carbocycles. The van der Waals surface area contributed by atoms with Gasteiger partial charge in [-0.15, -0.1) is 0 Å². The molecule has 21 heavy (non-hydrogen) atoms. The van der Waals surface area contributed by atoms with Crippen LogP contribution in [0.1, 0.15) is 37.7 Å². The van der Waals surface area contributed by atoms with E-state index in [4.69, 9.17) is 4.74 Å². The second kappa shape index (κ2) is 6.39. The first-order valence-electron chi connectivity index (χ1n) is 7.75. The van der Waals surface area contributed by atoms with Gasteiger partial charge in [0.05, 0.1) is 7.11 Å². The number of rotatable bonds is 4. The smallest absolute Gasteiger partial charge is 0.223 e. The molecule has 2 bridgehead atoms. The standard InChI is InChI=1S/C17H22BrNO2/c1-21-16-7-2-12(3-8-16)4-9-17(20)19-14-5-6-15(19)11-13(18)10-14/h2-3,7-8,13-15H,4-6,9-11H2,1H3. The van der Waals surface area contributed by atoms with Gasteiger partial charge in [-0.1, -0.05) is 28.1 Å². The molecule has 2 unspecified atom stereocenters. The molecule has 0 aromatic heterocycles. The second-order valence-corrected chi connectivity index (χ2v) is 7.40. The summed E-state index contributed by atoms with van der Waals surface area (Å²) in [5.74, 6) is 1.19. The summed E-state index contributed by atoms with van der Waals surface area (Å²) >= 11 is 3.73. The van der Waals surface area contributed by atoms with Crippen LogP contribution < -0.4 is 4.74 Å². The van der Waals surface area contributed by atoms with E-state index in [1.807, 2.05) is 24.3 Å². The van der Waals surface area contributed by atoms with Gasteiger partial charge in [0.2, 0.25) is 5.91 Å². The number of carbonyl (C=O) groups excluding carboxylic acids is 1. The molecule has 0 N–H and O–H groups in total. The zero-order valence-corrected chi connectivity index (χ0v) is 14.0. The van der Waals surface area contributed by atoms with Crippen LogP contribution in [-0.4, -0.2) is 34.8 Å². The molecular weight excluding hydrogens is 330 g/mol. The monoisotopic (exact) mass is 351 g/mol. The highest BCUT2D eigenvalue weighted by Gasteiger charge is 2.41. The predicted molar refractivity (Wildman–Crippen MR) is 86.9 cm³/mol. The molecule has 1 amide bonds. The Labute approximate surface area is 134 Å². The van der Waals surface area contributed by atoms with Gasteiger partial charge in [-0.3, -0.25) is 4.79 Å². The van der Waals surface area contributed by atoms with Crippen LogP contribution >= 0.6 is 15.9 Å². The maximum Gasteiger partial charge on any atom is 0.223 e. The Bertz CT molecular complexity index is 488. The number of amides is 1. The van der Waals surface area contributed by atoms with Crippen LogP contribution in [-0.2, 0) is 11.2 Å². The van der Waals surface area contributed by atoms with Crippen molar-refractivity contribution < 1.29 is 9.53 Å². The minimum absolute atomic E-state index is 0.331. The van der Waals surface area contributed by atoms with Gasteiger partial charge in [0.15, 0.2) is 0 Å². The van der Waals surface area contributed by atoms with Crippen LogP contribution in [0.5, 0.6) is 5.75 Å². The highest BCUT2D eigenvalue weighted by Crippen LogP contribution is 2.38. The summed E-state index contributed by atoms with van der Waals surface area (Å²) in [6, 6.07) is 8.95. The number of aryl methyl sites for hydroxylation is 1. The number of ether oxygens (including phenoxy) is 1. The fraction of sp³-hybridized carbons (Fsp3) is 0.588. The molecule has 2 aliphatic heterocycles. The zero-order valence-electron chi connectivity index (χ0n) is 12.4. The largest absolute Gasteiger partial charge is 0.497 e. The fourth-order valence-corrected chi connectivity index (χ4v) is 4.55. The quantitative estimate of drug-likeness (QED) is 0.776. The highest BCUT2D eigenvalue weighted by molar-refractivity contribution is 9.09. The van der Waals surface area contributed by atoms with Crippen molar-refractivity contribution in [3.8, 4) is 5.75 Å². The second-order valence-electron chi connectivity index (χ2n) is 6.10. The van der Waals surface area contributed by atoms with E-state index in [-0.39, 0.29) is 0 Å². The number of piperidine rings is 1. The zero-order chi connectivity index (χ0) is 14.8. The van der Waals surface area contributed by atoms with Crippen LogP contribution in [0.2, 0.25) is 0 Å². The molecule has 0 spiro atoms. The van der Waals surface area contributed by atoms with Crippen molar-refractivity contribution in [3.05, 3.63) is 29.8 Å². The summed E-state index contributed by atoms with van der Waals surface area (Å²) in [6.07, 6.45) is 6.03. The summed E-state index contributed by atoms with van der Waals surface area (Å²) in [6.45, 7) is 0. The predicted octanol–water partition coefficient (Wildman–Crippen LogP) is 3.54. The van der Waals surface area contributed by atoms with E-state index in [9.17, 15) is 4.79 Å². The van der Waals surface area contributed by atoms with Gasteiger partial charge in [0.1, 0.15) is 5.75 Å². The molecule has 2 saturated heterocycles. The first-order chi connectivity index (χ1) is 10.2. The molecule has 2 fully saturated rings. The number of fused-ring (bicyclic) bond motifs is 2. The average Bonchev–Trinajstić information content (AvgIpc) is 2.77. The average molecular weight is 352 g/mol. The Kier molecular flexibility index (Phi) is 4.53. The number of hydrogen-bond acceptors (Lipinski definition) is 2. The number of carbonyl (C=O) groups is 1. The number of benzene rings is 1. The van der Waals surface area contributed by atoms with Gasteiger partial charge in [0, 0.05) is 23.3 Å². The van der Waals surface area contributed by atoms with Crippen molar-refractivity contribution >= 4 is 21.8 Å². The first kappa shape index (κ1) is 14.9. The van der Waals surface area contributed by atoms with E-state index in [2.05, 4.69) is 20.8 Å². The van der Waals surface area contributed by atoms with Crippen molar-refractivity contribution in [2.45, 2.75) is 55.4 Å². The molecule has 2 aliphatic rings. The van der Waals surface area contributed by atoms with Gasteiger partial charge >= 0.3 is 0 Å². The summed E-state index contributed by atoms with van der Waals surface area (Å²) < 4.78 is 5.16. The van der Waals surface area contributed by atoms with E-state index >= 15 is 0 Å². The molecule has 1 aromatic carbocycles. The number of methoxy groups -OCH3 is 1. The summed E-state index contributed by atoms with van der Waals surface area (Å²) in [5, 5.41) is 0. The van der Waals surface area contributed by atoms with E-state index in [0.717, 1.165) is 25.0 Å². The van der Waals surface area contributed by atoms with E-state index in [1.165, 1.54) is 18.4 Å². The number of nitrogens with zero attached hydrogens (tertiary/aromatic N) is 1. The van der Waals surface area contributed by atoms with Crippen LogP contribution in [0.25, 0.3) is 0 Å². The normalized spacial score (nSPS) is 27.7. The third-order valence-electron chi connectivity index (χ3n) is 4.75. The van der Waals surface area contributed by atoms with E-state index in [0.29, 0.717) is 29.2 Å². The molecular formula is C17H22BrNO2. The molecule has 3 rings (SSSR count). The van der Waals surface area contributed by atoms with Crippen molar-refractivity contribution in [2.75, 3.05) is 7.11 Å². The van der Waals surface area contributed by atoms with Crippen LogP contribution in [0.3, 0.4) is 0 Å². The Morgan fingerprint density at radius 3 is 2.43 bits per heavy atom. The number of halogens is 1. The fourth-order valence-electron chi connectivity index (χ4n) is 3.69. The van der Waals surface area contributed by atoms with Gasteiger partial charge in [-0.05, 0) is 49.8 Å². The van der Waals surface area contributed by atoms with Crippen molar-refractivity contribution in [1.29, 1.82) is 0 Å². The van der Waals surface area contributed by atoms with Crippen molar-refractivity contribution in [1.82, 2.24) is 4.90 Å². The first-order valence-corrected chi connectivity index (χ1v) is 8.67. The summed E-state index contributed by atoms with van der Waals surface area (Å²) in [7, 11) is 1.67. The molecule has 114 valence electrons. The minimum Gasteiger partial charge on any atom is -0.497 e. The Hall–Kier alpha value is -1.03. The topological polar surface area (TPSA) is 29.5 Å². The molecule has 0 radical (unpaired) electrons. The van der Waals surface area contributed by atoms with Crippen LogP contribution in [0.15, 0.2) is 24.3 Å². The van der Waals surface area contributed by atoms with Gasteiger partial charge in [-0.2, -0.15) is 0 Å². The van der Waals surface area contributed by atoms with E-state index < -0.39 is 0 Å². The highest BCUT2D eigenvalue weighted by atomic mass is 79.9. The molecule has 0 aliphatic carbocycles. The molecule has 2 atom stereocenters. The molecule has 4 heteroatoms. The molecule has 2 heterocycles. The Morgan fingerprint density at radius 2 is 1.86 bits per heavy atom. The maximum atomic E-state index is 12.5. The third-order valence-corrected chi connectivity index (χ3v) is 5.50. The maximum absolute atomic E-state index is 12.5. The van der Waals surface area contributed by atoms with E-state index in [1.54, 1.807) is 7.11 Å². The molecule has 3 nitrogen and oxygen atoms in total. The lowest BCUT2D eigenvalue weighted by Gasteiger charge is -2.37. The summed E-state index contributed by atoms with van der Waals surface area (Å²) in [4.78, 5) is 15.3. The van der Waals surface area contributed by atoms with Gasteiger partial charge in [-0.25, -0.2) is 0 Å². The lowest BCUT2D eigenvalue weighted by molar-refractivity contribution is -0.135. The Morgan fingerprint density at radius 1 is 1.24 bits per heavy atom. The Balaban J connectivity index is 1.57. The minimum atomic E-state index is 0.331.